The van der Waals surface area contributed by atoms with E-state index in [1.807, 2.05) is 4.90 Å². The van der Waals surface area contributed by atoms with Gasteiger partial charge in [-0.05, 0) is 31.0 Å². The molecule has 1 unspecified atom stereocenters. The molecule has 0 saturated carbocycles. The second-order valence-corrected chi connectivity index (χ2v) is 6.38. The Bertz CT molecular complexity index is 568. The first-order valence-corrected chi connectivity index (χ1v) is 8.90. The Hall–Kier alpha value is -1.91. The van der Waals surface area contributed by atoms with Gasteiger partial charge in [-0.15, -0.1) is 0 Å². The Morgan fingerprint density at radius 3 is 2.38 bits per heavy atom. The van der Waals surface area contributed by atoms with Crippen LogP contribution in [-0.4, -0.2) is 47.8 Å². The summed E-state index contributed by atoms with van der Waals surface area (Å²) in [5.41, 5.74) is 0.365. The topological polar surface area (TPSA) is 40.6 Å². The van der Waals surface area contributed by atoms with Crippen molar-refractivity contribution in [2.24, 2.45) is 5.92 Å². The van der Waals surface area contributed by atoms with Gasteiger partial charge in [0.1, 0.15) is 5.82 Å². The molecule has 24 heavy (non-hydrogen) atoms. The molecule has 2 rings (SSSR count). The molecule has 0 aliphatic carbocycles. The highest BCUT2D eigenvalue weighted by molar-refractivity contribution is 5.94. The number of unbranched alkanes of at least 4 members (excludes halogenated alkanes) is 1. The highest BCUT2D eigenvalue weighted by Crippen LogP contribution is 2.18. The van der Waals surface area contributed by atoms with E-state index in [0.29, 0.717) is 31.7 Å². The van der Waals surface area contributed by atoms with Crippen LogP contribution in [0.15, 0.2) is 24.3 Å². The summed E-state index contributed by atoms with van der Waals surface area (Å²) in [6.07, 6.45) is 3.97. The Morgan fingerprint density at radius 1 is 1.12 bits per heavy atom. The maximum Gasteiger partial charge on any atom is 0.254 e. The number of rotatable bonds is 6. The van der Waals surface area contributed by atoms with Gasteiger partial charge in [-0.2, -0.15) is 0 Å². The van der Waals surface area contributed by atoms with Crippen molar-refractivity contribution in [3.63, 3.8) is 0 Å². The van der Waals surface area contributed by atoms with Crippen molar-refractivity contribution in [3.8, 4) is 0 Å². The minimum absolute atomic E-state index is 0.0930. The van der Waals surface area contributed by atoms with E-state index in [-0.39, 0.29) is 17.7 Å². The standard InChI is InChI=1S/C19H27FN2O2/c1-3-5-7-15(4-2)18(23)21-10-12-22(13-11-21)19(24)16-8-6-9-17(20)14-16/h6,8-9,14-15H,3-5,7,10-13H2,1-2H3. The number of halogens is 1. The zero-order chi connectivity index (χ0) is 17.5. The molecule has 1 saturated heterocycles. The van der Waals surface area contributed by atoms with Crippen LogP contribution < -0.4 is 0 Å². The van der Waals surface area contributed by atoms with E-state index < -0.39 is 5.82 Å². The molecule has 0 spiro atoms. The van der Waals surface area contributed by atoms with E-state index in [0.717, 1.165) is 25.7 Å². The largest absolute Gasteiger partial charge is 0.339 e. The fourth-order valence-electron chi connectivity index (χ4n) is 3.14. The Balaban J connectivity index is 1.90. The molecule has 0 radical (unpaired) electrons. The first kappa shape index (κ1) is 18.4. The molecule has 4 nitrogen and oxygen atoms in total. The quantitative estimate of drug-likeness (QED) is 0.801. The third kappa shape index (κ3) is 4.56. The molecule has 0 aromatic heterocycles. The van der Waals surface area contributed by atoms with Crippen LogP contribution in [0.5, 0.6) is 0 Å². The van der Waals surface area contributed by atoms with Crippen molar-refractivity contribution in [2.45, 2.75) is 39.5 Å². The summed E-state index contributed by atoms with van der Waals surface area (Å²) in [6.45, 7) is 6.32. The van der Waals surface area contributed by atoms with E-state index in [1.165, 1.54) is 12.1 Å². The van der Waals surface area contributed by atoms with Crippen molar-refractivity contribution < 1.29 is 14.0 Å². The predicted molar refractivity (Wildman–Crippen MR) is 92.2 cm³/mol. The molecule has 1 aromatic carbocycles. The number of piperazine rings is 1. The molecule has 0 bridgehead atoms. The van der Waals surface area contributed by atoms with Gasteiger partial charge in [0.15, 0.2) is 0 Å². The van der Waals surface area contributed by atoms with Crippen LogP contribution in [0.1, 0.15) is 49.9 Å². The maximum atomic E-state index is 13.3. The number of carbonyl (C=O) groups is 2. The van der Waals surface area contributed by atoms with Gasteiger partial charge >= 0.3 is 0 Å². The van der Waals surface area contributed by atoms with Crippen LogP contribution in [0.4, 0.5) is 4.39 Å². The third-order valence-electron chi connectivity index (χ3n) is 4.70. The van der Waals surface area contributed by atoms with Gasteiger partial charge in [0, 0.05) is 37.7 Å². The van der Waals surface area contributed by atoms with Crippen LogP contribution in [0, 0.1) is 11.7 Å². The van der Waals surface area contributed by atoms with E-state index in [1.54, 1.807) is 17.0 Å². The number of hydrogen-bond donors (Lipinski definition) is 0. The fourth-order valence-corrected chi connectivity index (χ4v) is 3.14. The van der Waals surface area contributed by atoms with Gasteiger partial charge < -0.3 is 9.80 Å². The third-order valence-corrected chi connectivity index (χ3v) is 4.70. The maximum absolute atomic E-state index is 13.3. The molecule has 132 valence electrons. The Morgan fingerprint density at radius 2 is 1.79 bits per heavy atom. The summed E-state index contributed by atoms with van der Waals surface area (Å²) >= 11 is 0. The second kappa shape index (κ2) is 8.81. The van der Waals surface area contributed by atoms with Crippen molar-refractivity contribution >= 4 is 11.8 Å². The average Bonchev–Trinajstić information content (AvgIpc) is 2.61. The van der Waals surface area contributed by atoms with E-state index in [2.05, 4.69) is 13.8 Å². The lowest BCUT2D eigenvalue weighted by Crippen LogP contribution is -2.52. The predicted octanol–water partition coefficient (Wildman–Crippen LogP) is 3.33. The van der Waals surface area contributed by atoms with E-state index >= 15 is 0 Å². The van der Waals surface area contributed by atoms with Gasteiger partial charge in [0.2, 0.25) is 5.91 Å². The molecule has 0 N–H and O–H groups in total. The zero-order valence-corrected chi connectivity index (χ0v) is 14.6. The summed E-state index contributed by atoms with van der Waals surface area (Å²) in [7, 11) is 0. The molecular formula is C19H27FN2O2. The smallest absolute Gasteiger partial charge is 0.254 e. The fraction of sp³-hybridized carbons (Fsp3) is 0.579. The summed E-state index contributed by atoms with van der Waals surface area (Å²) in [4.78, 5) is 28.6. The molecule has 1 aliphatic rings. The molecule has 1 aromatic rings. The van der Waals surface area contributed by atoms with Gasteiger partial charge in [-0.25, -0.2) is 4.39 Å². The van der Waals surface area contributed by atoms with Gasteiger partial charge in [0.25, 0.3) is 5.91 Å². The molecule has 2 amide bonds. The Labute approximate surface area is 143 Å². The van der Waals surface area contributed by atoms with Gasteiger partial charge in [0.05, 0.1) is 0 Å². The highest BCUT2D eigenvalue weighted by atomic mass is 19.1. The molecule has 1 atom stereocenters. The van der Waals surface area contributed by atoms with Crippen molar-refractivity contribution in [2.75, 3.05) is 26.2 Å². The zero-order valence-electron chi connectivity index (χ0n) is 14.6. The molecule has 5 heteroatoms. The number of amides is 2. The molecule has 1 heterocycles. The minimum Gasteiger partial charge on any atom is -0.339 e. The van der Waals surface area contributed by atoms with Crippen LogP contribution in [-0.2, 0) is 4.79 Å². The van der Waals surface area contributed by atoms with Crippen LogP contribution >= 0.6 is 0 Å². The lowest BCUT2D eigenvalue weighted by atomic mass is 9.97. The molecule has 1 aliphatic heterocycles. The van der Waals surface area contributed by atoms with E-state index in [9.17, 15) is 14.0 Å². The average molecular weight is 334 g/mol. The first-order valence-electron chi connectivity index (χ1n) is 8.90. The van der Waals surface area contributed by atoms with Crippen LogP contribution in [0.2, 0.25) is 0 Å². The van der Waals surface area contributed by atoms with Gasteiger partial charge in [-0.1, -0.05) is 32.8 Å². The van der Waals surface area contributed by atoms with Crippen molar-refractivity contribution in [1.29, 1.82) is 0 Å². The normalized spacial score (nSPS) is 16.1. The summed E-state index contributed by atoms with van der Waals surface area (Å²) < 4.78 is 13.3. The van der Waals surface area contributed by atoms with Gasteiger partial charge in [-0.3, -0.25) is 9.59 Å². The number of carbonyl (C=O) groups excluding carboxylic acids is 2. The van der Waals surface area contributed by atoms with Crippen LogP contribution in [0.3, 0.4) is 0 Å². The number of benzene rings is 1. The van der Waals surface area contributed by atoms with E-state index in [4.69, 9.17) is 0 Å². The number of nitrogens with zero attached hydrogens (tertiary/aromatic N) is 2. The molecule has 1 fully saturated rings. The van der Waals surface area contributed by atoms with Crippen molar-refractivity contribution in [1.82, 2.24) is 9.80 Å². The summed E-state index contributed by atoms with van der Waals surface area (Å²) in [5, 5.41) is 0. The Kier molecular flexibility index (Phi) is 6.76. The lowest BCUT2D eigenvalue weighted by molar-refractivity contribution is -0.137. The lowest BCUT2D eigenvalue weighted by Gasteiger charge is -2.36. The summed E-state index contributed by atoms with van der Waals surface area (Å²) in [5.74, 6) is -0.268. The highest BCUT2D eigenvalue weighted by Gasteiger charge is 2.28. The minimum atomic E-state index is -0.406. The SMILES string of the molecule is CCCCC(CC)C(=O)N1CCN(C(=O)c2cccc(F)c2)CC1. The number of hydrogen-bond acceptors (Lipinski definition) is 2. The second-order valence-electron chi connectivity index (χ2n) is 6.38. The van der Waals surface area contributed by atoms with Crippen LogP contribution in [0.25, 0.3) is 0 Å². The monoisotopic (exact) mass is 334 g/mol. The summed E-state index contributed by atoms with van der Waals surface area (Å²) in [6, 6.07) is 5.76. The van der Waals surface area contributed by atoms with Crippen molar-refractivity contribution in [3.05, 3.63) is 35.6 Å². The first-order chi connectivity index (χ1) is 11.6. The molecular weight excluding hydrogens is 307 g/mol.